The van der Waals surface area contributed by atoms with Crippen molar-refractivity contribution in [1.29, 1.82) is 0 Å². The smallest absolute Gasteiger partial charge is 0.414 e. The normalized spacial score (nSPS) is 38.5. The van der Waals surface area contributed by atoms with E-state index in [0.29, 0.717) is 19.3 Å². The standard InChI is InChI=1S/C30H45Cl3N2O7S/c1-17-7-11-29-12-8-20(40-5)22(29)28(17,4)21(15-27(3,43-6)23(36)18(29)2)42-25(38)34-24(37)19-9-13-35(14-10-19)26(39)41-16-30(31,32)33/h17-22H,7-16H2,1-6H3,(H,34,37,38)/t17-,18+,20-,21-,22?,27-,28+,29?/m1/s1. The SMILES string of the molecule is CO[C@@H]1CCC23CC[C@@H](C)[C@](C)(C12)[C@H](OC(=O)NC(=O)C1CCN(C(=O)OCC(Cl)(Cl)Cl)CC1)C[C@@](C)(SC)C(=O)[C@@H]3C. The van der Waals surface area contributed by atoms with Gasteiger partial charge < -0.3 is 19.1 Å². The molecule has 1 N–H and O–H groups in total. The van der Waals surface area contributed by atoms with Crippen molar-refractivity contribution >= 4 is 70.4 Å². The van der Waals surface area contributed by atoms with Gasteiger partial charge >= 0.3 is 12.2 Å². The highest BCUT2D eigenvalue weighted by Crippen LogP contribution is 2.68. The molecule has 2 bridgehead atoms. The second-order valence-electron chi connectivity index (χ2n) is 13.4. The van der Waals surface area contributed by atoms with Crippen LogP contribution in [0.25, 0.3) is 0 Å². The third-order valence-electron chi connectivity index (χ3n) is 11.4. The first-order valence-corrected chi connectivity index (χ1v) is 17.5. The Morgan fingerprint density at radius 2 is 1.70 bits per heavy atom. The van der Waals surface area contributed by atoms with Crippen LogP contribution >= 0.6 is 46.6 Å². The second-order valence-corrected chi connectivity index (χ2v) is 17.2. The van der Waals surface area contributed by atoms with E-state index in [2.05, 4.69) is 26.1 Å². The van der Waals surface area contributed by atoms with Gasteiger partial charge in [0, 0.05) is 49.8 Å². The van der Waals surface area contributed by atoms with E-state index in [1.165, 1.54) is 16.7 Å². The molecule has 4 fully saturated rings. The highest BCUT2D eigenvalue weighted by molar-refractivity contribution is 8.00. The van der Waals surface area contributed by atoms with Gasteiger partial charge in [-0.3, -0.25) is 14.9 Å². The van der Waals surface area contributed by atoms with Crippen LogP contribution in [0, 0.1) is 34.5 Å². The van der Waals surface area contributed by atoms with Crippen molar-refractivity contribution in [2.45, 2.75) is 93.4 Å². The summed E-state index contributed by atoms with van der Waals surface area (Å²) in [7, 11) is 1.73. The zero-order valence-electron chi connectivity index (χ0n) is 25.9. The number of ether oxygens (including phenoxy) is 3. The fourth-order valence-corrected chi connectivity index (χ4v) is 9.51. The molecule has 0 aromatic rings. The molecule has 0 radical (unpaired) electrons. The minimum absolute atomic E-state index is 0.0379. The largest absolute Gasteiger partial charge is 0.445 e. The molecule has 9 nitrogen and oxygen atoms in total. The minimum atomic E-state index is -1.71. The summed E-state index contributed by atoms with van der Waals surface area (Å²) in [6.07, 6.45) is 4.57. The lowest BCUT2D eigenvalue weighted by Gasteiger charge is -2.61. The van der Waals surface area contributed by atoms with Gasteiger partial charge in [0.25, 0.3) is 0 Å². The number of carbonyl (C=O) groups excluding carboxylic acids is 4. The van der Waals surface area contributed by atoms with E-state index < -0.39 is 44.1 Å². The van der Waals surface area contributed by atoms with Crippen molar-refractivity contribution in [3.05, 3.63) is 0 Å². The predicted molar refractivity (Wildman–Crippen MR) is 168 cm³/mol. The summed E-state index contributed by atoms with van der Waals surface area (Å²) in [5, 5.41) is 2.47. The van der Waals surface area contributed by atoms with Crippen molar-refractivity contribution in [3.8, 4) is 0 Å². The number of amides is 3. The quantitative estimate of drug-likeness (QED) is 0.332. The van der Waals surface area contributed by atoms with Gasteiger partial charge in [0.1, 0.15) is 12.7 Å². The summed E-state index contributed by atoms with van der Waals surface area (Å²) in [6, 6.07) is 0. The Bertz CT molecular complexity index is 1100. The van der Waals surface area contributed by atoms with Gasteiger partial charge in [-0.2, -0.15) is 11.8 Å². The highest BCUT2D eigenvalue weighted by Gasteiger charge is 2.68. The molecule has 43 heavy (non-hydrogen) atoms. The van der Waals surface area contributed by atoms with Gasteiger partial charge in [0.15, 0.2) is 5.78 Å². The van der Waals surface area contributed by atoms with Crippen LogP contribution in [0.5, 0.6) is 0 Å². The lowest BCUT2D eigenvalue weighted by molar-refractivity contribution is -0.182. The Morgan fingerprint density at radius 1 is 1.07 bits per heavy atom. The maximum atomic E-state index is 14.1. The molecule has 2 unspecified atom stereocenters. The number of thioether (sulfide) groups is 1. The molecule has 3 saturated carbocycles. The van der Waals surface area contributed by atoms with Crippen LogP contribution in [0.15, 0.2) is 0 Å². The molecule has 1 heterocycles. The third kappa shape index (κ3) is 6.65. The number of hydrogen-bond donors (Lipinski definition) is 1. The zero-order chi connectivity index (χ0) is 32.0. The van der Waals surface area contributed by atoms with Crippen molar-refractivity contribution < 1.29 is 33.4 Å². The molecular weight excluding hydrogens is 639 g/mol. The molecule has 244 valence electrons. The van der Waals surface area contributed by atoms with Crippen LogP contribution in [0.2, 0.25) is 0 Å². The van der Waals surface area contributed by atoms with Gasteiger partial charge in [-0.1, -0.05) is 55.6 Å². The molecule has 4 aliphatic rings. The number of methoxy groups -OCH3 is 1. The topological polar surface area (TPSA) is 111 Å². The Labute approximate surface area is 274 Å². The number of imide groups is 1. The van der Waals surface area contributed by atoms with Crippen LogP contribution in [-0.2, 0) is 23.8 Å². The molecule has 0 aromatic heterocycles. The Morgan fingerprint density at radius 3 is 2.28 bits per heavy atom. The number of Topliss-reactive ketones (excluding diaryl/α,β-unsaturated/α-hetero) is 1. The molecule has 3 aliphatic carbocycles. The fraction of sp³-hybridized carbons (Fsp3) is 0.867. The number of alkyl halides is 3. The maximum Gasteiger partial charge on any atom is 0.414 e. The van der Waals surface area contributed by atoms with Crippen molar-refractivity contribution in [1.82, 2.24) is 10.2 Å². The monoisotopic (exact) mass is 682 g/mol. The summed E-state index contributed by atoms with van der Waals surface area (Å²) in [5.41, 5.74) is -0.682. The Hall–Kier alpha value is -0.940. The summed E-state index contributed by atoms with van der Waals surface area (Å²) < 4.78 is 14.9. The average molecular weight is 684 g/mol. The summed E-state index contributed by atoms with van der Waals surface area (Å²) >= 11 is 18.5. The van der Waals surface area contributed by atoms with Gasteiger partial charge in [0.2, 0.25) is 9.70 Å². The van der Waals surface area contributed by atoms with Gasteiger partial charge in [-0.05, 0) is 63.0 Å². The van der Waals surface area contributed by atoms with E-state index >= 15 is 0 Å². The Balaban J connectivity index is 1.49. The molecule has 0 spiro atoms. The van der Waals surface area contributed by atoms with Crippen molar-refractivity contribution in [2.24, 2.45) is 34.5 Å². The average Bonchev–Trinajstić information content (AvgIpc) is 3.36. The number of carbonyl (C=O) groups is 4. The number of nitrogens with zero attached hydrogens (tertiary/aromatic N) is 1. The molecule has 1 aliphatic heterocycles. The molecular formula is C30H45Cl3N2O7S. The molecule has 4 rings (SSSR count). The maximum absolute atomic E-state index is 14.1. The number of alkyl carbamates (subject to hydrolysis) is 1. The number of halogens is 3. The number of piperidine rings is 1. The van der Waals surface area contributed by atoms with Crippen LogP contribution in [0.3, 0.4) is 0 Å². The molecule has 3 amide bonds. The summed E-state index contributed by atoms with van der Waals surface area (Å²) in [6.45, 7) is 8.62. The van der Waals surface area contributed by atoms with Crippen molar-refractivity contribution in [3.63, 3.8) is 0 Å². The van der Waals surface area contributed by atoms with E-state index in [9.17, 15) is 19.2 Å². The van der Waals surface area contributed by atoms with E-state index in [4.69, 9.17) is 49.0 Å². The van der Waals surface area contributed by atoms with Crippen LogP contribution in [-0.4, -0.2) is 82.6 Å². The number of nitrogens with one attached hydrogen (secondary N) is 1. The van der Waals surface area contributed by atoms with E-state index in [1.807, 2.05) is 13.2 Å². The summed E-state index contributed by atoms with van der Waals surface area (Å²) in [5.74, 6) is -0.614. The van der Waals surface area contributed by atoms with Crippen molar-refractivity contribution in [2.75, 3.05) is 33.1 Å². The first-order valence-electron chi connectivity index (χ1n) is 15.1. The van der Waals surface area contributed by atoms with Crippen LogP contribution in [0.1, 0.15) is 72.6 Å². The first kappa shape index (κ1) is 34.9. The van der Waals surface area contributed by atoms with Crippen LogP contribution in [0.4, 0.5) is 9.59 Å². The van der Waals surface area contributed by atoms with Gasteiger partial charge in [-0.15, -0.1) is 0 Å². The number of ketones is 1. The molecule has 13 heteroatoms. The number of rotatable bonds is 5. The zero-order valence-corrected chi connectivity index (χ0v) is 29.0. The lowest BCUT2D eigenvalue weighted by Crippen LogP contribution is -2.64. The highest BCUT2D eigenvalue weighted by atomic mass is 35.6. The second kappa shape index (κ2) is 13.0. The predicted octanol–water partition coefficient (Wildman–Crippen LogP) is 6.40. The fourth-order valence-electron chi connectivity index (χ4n) is 8.65. The summed E-state index contributed by atoms with van der Waals surface area (Å²) in [4.78, 5) is 54.4. The first-order chi connectivity index (χ1) is 20.0. The van der Waals surface area contributed by atoms with Crippen LogP contribution < -0.4 is 5.32 Å². The molecule has 1 saturated heterocycles. The van der Waals surface area contributed by atoms with Gasteiger partial charge in [-0.25, -0.2) is 9.59 Å². The Kier molecular flexibility index (Phi) is 10.6. The van der Waals surface area contributed by atoms with E-state index in [-0.39, 0.29) is 54.8 Å². The van der Waals surface area contributed by atoms with Gasteiger partial charge in [0.05, 0.1) is 10.9 Å². The molecule has 8 atom stereocenters. The number of hydrogen-bond acceptors (Lipinski definition) is 8. The van der Waals surface area contributed by atoms with E-state index in [0.717, 1.165) is 25.7 Å². The third-order valence-corrected chi connectivity index (χ3v) is 13.0. The van der Waals surface area contributed by atoms with E-state index in [1.54, 1.807) is 7.11 Å². The lowest BCUT2D eigenvalue weighted by atomic mass is 9.45. The minimum Gasteiger partial charge on any atom is -0.445 e. The molecule has 0 aromatic carbocycles. The number of likely N-dealkylation sites (tertiary alicyclic amines) is 1.